The van der Waals surface area contributed by atoms with Crippen molar-refractivity contribution in [1.82, 2.24) is 19.7 Å². The fraction of sp³-hybridized carbons (Fsp3) is 0.348. The Balaban J connectivity index is 1.43. The molecule has 3 aromatic rings. The third kappa shape index (κ3) is 4.63. The van der Waals surface area contributed by atoms with E-state index in [2.05, 4.69) is 15.7 Å². The zero-order valence-corrected chi connectivity index (χ0v) is 18.0. The molecule has 1 fully saturated rings. The molecule has 0 aliphatic heterocycles. The van der Waals surface area contributed by atoms with E-state index in [9.17, 15) is 9.59 Å². The van der Waals surface area contributed by atoms with Crippen molar-refractivity contribution in [2.75, 3.05) is 19.0 Å². The second kappa shape index (κ2) is 8.67. The van der Waals surface area contributed by atoms with Gasteiger partial charge < -0.3 is 15.4 Å². The van der Waals surface area contributed by atoms with E-state index in [1.807, 2.05) is 56.3 Å². The highest BCUT2D eigenvalue weighted by molar-refractivity contribution is 5.89. The monoisotopic (exact) mass is 421 g/mol. The van der Waals surface area contributed by atoms with Gasteiger partial charge in [0.25, 0.3) is 0 Å². The van der Waals surface area contributed by atoms with Crippen molar-refractivity contribution < 1.29 is 9.53 Å². The number of aryl methyl sites for hydroxylation is 2. The normalized spacial score (nSPS) is 13.1. The maximum Gasteiger partial charge on any atom is 0.346 e. The summed E-state index contributed by atoms with van der Waals surface area (Å²) in [4.78, 5) is 25.1. The average Bonchev–Trinajstić information content (AvgIpc) is 3.55. The van der Waals surface area contributed by atoms with Crippen LogP contribution < -0.4 is 21.1 Å². The highest BCUT2D eigenvalue weighted by Gasteiger charge is 2.30. The Bertz CT molecular complexity index is 1140. The molecule has 0 saturated heterocycles. The molecule has 8 nitrogen and oxygen atoms in total. The summed E-state index contributed by atoms with van der Waals surface area (Å²) in [6.07, 6.45) is 1.96. The van der Waals surface area contributed by atoms with Gasteiger partial charge in [0.05, 0.1) is 13.7 Å². The Hall–Kier alpha value is -3.55. The van der Waals surface area contributed by atoms with Gasteiger partial charge in [-0.15, -0.1) is 5.10 Å². The first-order valence-electron chi connectivity index (χ1n) is 10.4. The van der Waals surface area contributed by atoms with Crippen LogP contribution in [0, 0.1) is 13.8 Å². The van der Waals surface area contributed by atoms with E-state index in [0.717, 1.165) is 35.4 Å². The molecule has 162 valence electrons. The minimum absolute atomic E-state index is 0.148. The molecule has 1 saturated carbocycles. The number of hydrogen-bond acceptors (Lipinski definition) is 4. The van der Waals surface area contributed by atoms with Crippen molar-refractivity contribution in [2.45, 2.75) is 39.3 Å². The number of benzene rings is 2. The van der Waals surface area contributed by atoms with Gasteiger partial charge in [-0.05, 0) is 74.2 Å². The second-order valence-electron chi connectivity index (χ2n) is 7.84. The van der Waals surface area contributed by atoms with Gasteiger partial charge in [0.1, 0.15) is 5.75 Å². The van der Waals surface area contributed by atoms with Gasteiger partial charge in [-0.2, -0.15) is 0 Å². The fourth-order valence-corrected chi connectivity index (χ4v) is 3.43. The number of ether oxygens (including phenoxy) is 1. The van der Waals surface area contributed by atoms with E-state index in [1.54, 1.807) is 11.7 Å². The van der Waals surface area contributed by atoms with Crippen LogP contribution in [0.2, 0.25) is 0 Å². The van der Waals surface area contributed by atoms with E-state index in [1.165, 1.54) is 10.2 Å². The molecule has 31 heavy (non-hydrogen) atoms. The summed E-state index contributed by atoms with van der Waals surface area (Å²) in [7, 11) is 1.62. The quantitative estimate of drug-likeness (QED) is 0.611. The van der Waals surface area contributed by atoms with E-state index in [4.69, 9.17) is 4.74 Å². The van der Waals surface area contributed by atoms with Crippen LogP contribution in [0.1, 0.15) is 30.0 Å². The van der Waals surface area contributed by atoms with E-state index < -0.39 is 0 Å². The molecule has 0 atom stereocenters. The zero-order valence-electron chi connectivity index (χ0n) is 18.0. The molecule has 0 bridgehead atoms. The Morgan fingerprint density at radius 1 is 1.13 bits per heavy atom. The molecule has 1 aromatic heterocycles. The number of rotatable bonds is 7. The molecular weight excluding hydrogens is 394 g/mol. The van der Waals surface area contributed by atoms with Gasteiger partial charge in [-0.1, -0.05) is 6.07 Å². The molecular formula is C23H27N5O3. The molecule has 8 heteroatoms. The lowest BCUT2D eigenvalue weighted by Crippen LogP contribution is -2.34. The lowest BCUT2D eigenvalue weighted by molar-refractivity contribution is 0.251. The highest BCUT2D eigenvalue weighted by Crippen LogP contribution is 2.36. The summed E-state index contributed by atoms with van der Waals surface area (Å²) in [5, 5.41) is 10.2. The largest absolute Gasteiger partial charge is 0.497 e. The summed E-state index contributed by atoms with van der Waals surface area (Å²) >= 11 is 0. The second-order valence-corrected chi connectivity index (χ2v) is 7.84. The van der Waals surface area contributed by atoms with Crippen molar-refractivity contribution in [3.05, 3.63) is 64.1 Å². The number of urea groups is 1. The summed E-state index contributed by atoms with van der Waals surface area (Å²) in [5.74, 6) is 1.40. The van der Waals surface area contributed by atoms with Crippen LogP contribution in [0.15, 0.2) is 47.3 Å². The van der Waals surface area contributed by atoms with Gasteiger partial charge in [-0.3, -0.25) is 4.57 Å². The van der Waals surface area contributed by atoms with Gasteiger partial charge >= 0.3 is 11.7 Å². The number of nitrogens with one attached hydrogen (secondary N) is 2. The van der Waals surface area contributed by atoms with Crippen molar-refractivity contribution in [1.29, 1.82) is 0 Å². The lowest BCUT2D eigenvalue weighted by Gasteiger charge is -2.09. The third-order valence-corrected chi connectivity index (χ3v) is 5.50. The molecule has 1 aliphatic carbocycles. The summed E-state index contributed by atoms with van der Waals surface area (Å²) in [6.45, 7) is 4.61. The van der Waals surface area contributed by atoms with Crippen molar-refractivity contribution >= 4 is 11.7 Å². The standard InChI is InChI=1S/C23H27N5O3/c1-15-4-7-18(14-16(15)2)25-22(29)24-12-13-27-23(30)28(19-8-9-19)21(26-27)17-5-10-20(31-3)11-6-17/h4-7,10-11,14,19H,8-9,12-13H2,1-3H3,(H2,24,25,29). The molecule has 0 unspecified atom stereocenters. The fourth-order valence-electron chi connectivity index (χ4n) is 3.43. The Labute approximate surface area is 180 Å². The Morgan fingerprint density at radius 2 is 1.87 bits per heavy atom. The topological polar surface area (TPSA) is 90.2 Å². The summed E-state index contributed by atoms with van der Waals surface area (Å²) in [5.41, 5.74) is 3.73. The molecule has 2 N–H and O–H groups in total. The number of anilines is 1. The Morgan fingerprint density at radius 3 is 2.52 bits per heavy atom. The van der Waals surface area contributed by atoms with E-state index in [-0.39, 0.29) is 17.8 Å². The van der Waals surface area contributed by atoms with Crippen LogP contribution in [0.25, 0.3) is 11.4 Å². The van der Waals surface area contributed by atoms with Crippen LogP contribution in [0.5, 0.6) is 5.75 Å². The van der Waals surface area contributed by atoms with Gasteiger partial charge in [0.2, 0.25) is 0 Å². The smallest absolute Gasteiger partial charge is 0.346 e. The number of amides is 2. The van der Waals surface area contributed by atoms with Crippen LogP contribution in [0.4, 0.5) is 10.5 Å². The van der Waals surface area contributed by atoms with Crippen LogP contribution in [0.3, 0.4) is 0 Å². The zero-order chi connectivity index (χ0) is 22.0. The van der Waals surface area contributed by atoms with Crippen molar-refractivity contribution in [3.63, 3.8) is 0 Å². The number of aromatic nitrogens is 3. The number of methoxy groups -OCH3 is 1. The molecule has 0 radical (unpaired) electrons. The highest BCUT2D eigenvalue weighted by atomic mass is 16.5. The predicted molar refractivity (Wildman–Crippen MR) is 120 cm³/mol. The van der Waals surface area contributed by atoms with Gasteiger partial charge in [0.15, 0.2) is 5.82 Å². The predicted octanol–water partition coefficient (Wildman–Crippen LogP) is 3.49. The van der Waals surface area contributed by atoms with Crippen LogP contribution >= 0.6 is 0 Å². The molecule has 1 heterocycles. The number of nitrogens with zero attached hydrogens (tertiary/aromatic N) is 3. The molecule has 0 spiro atoms. The molecule has 2 amide bonds. The minimum atomic E-state index is -0.312. The molecule has 4 rings (SSSR count). The lowest BCUT2D eigenvalue weighted by atomic mass is 10.1. The first-order chi connectivity index (χ1) is 15.0. The maximum atomic E-state index is 12.9. The molecule has 2 aromatic carbocycles. The van der Waals surface area contributed by atoms with E-state index in [0.29, 0.717) is 18.9 Å². The third-order valence-electron chi connectivity index (χ3n) is 5.50. The number of carbonyl (C=O) groups is 1. The first-order valence-corrected chi connectivity index (χ1v) is 10.4. The minimum Gasteiger partial charge on any atom is -0.497 e. The Kier molecular flexibility index (Phi) is 5.79. The SMILES string of the molecule is COc1ccc(-c2nn(CCNC(=O)Nc3ccc(C)c(C)c3)c(=O)n2C2CC2)cc1. The maximum absolute atomic E-state index is 12.9. The van der Waals surface area contributed by atoms with Crippen molar-refractivity contribution in [2.24, 2.45) is 0 Å². The van der Waals surface area contributed by atoms with Crippen molar-refractivity contribution in [3.8, 4) is 17.1 Å². The van der Waals surface area contributed by atoms with Crippen LogP contribution in [-0.4, -0.2) is 34.0 Å². The van der Waals surface area contributed by atoms with Gasteiger partial charge in [-0.25, -0.2) is 14.3 Å². The summed E-state index contributed by atoms with van der Waals surface area (Å²) in [6, 6.07) is 13.2. The van der Waals surface area contributed by atoms with E-state index >= 15 is 0 Å². The van der Waals surface area contributed by atoms with Crippen LogP contribution in [-0.2, 0) is 6.54 Å². The average molecular weight is 422 g/mol. The number of carbonyl (C=O) groups excluding carboxylic acids is 1. The summed E-state index contributed by atoms with van der Waals surface area (Å²) < 4.78 is 8.40. The molecule has 1 aliphatic rings. The first kappa shape index (κ1) is 20.7. The van der Waals surface area contributed by atoms with Gasteiger partial charge in [0, 0.05) is 23.8 Å². The number of hydrogen-bond donors (Lipinski definition) is 2.